The van der Waals surface area contributed by atoms with Gasteiger partial charge in [-0.25, -0.2) is 0 Å². The molecular weight excluding hydrogens is 688 g/mol. The van der Waals surface area contributed by atoms with E-state index in [0.29, 0.717) is 19.4 Å². The third kappa shape index (κ3) is 10.5. The van der Waals surface area contributed by atoms with Crippen molar-refractivity contribution in [2.75, 3.05) is 0 Å². The van der Waals surface area contributed by atoms with E-state index in [-0.39, 0.29) is 16.0 Å². The molecule has 3 aliphatic carbocycles. The van der Waals surface area contributed by atoms with Gasteiger partial charge in [-0.2, -0.15) is 4.39 Å². The molecule has 0 aromatic heterocycles. The average Bonchev–Trinajstić information content (AvgIpc) is 3.26. The fourth-order valence-corrected chi connectivity index (χ4v) is 8.56. The van der Waals surface area contributed by atoms with Crippen LogP contribution < -0.4 is 5.32 Å². The van der Waals surface area contributed by atoms with Crippen molar-refractivity contribution in [1.82, 2.24) is 5.32 Å². The maximum atomic E-state index is 13.3. The summed E-state index contributed by atoms with van der Waals surface area (Å²) in [6, 6.07) is 38.3. The lowest BCUT2D eigenvalue weighted by Gasteiger charge is -2.36. The van der Waals surface area contributed by atoms with Crippen molar-refractivity contribution in [3.05, 3.63) is 144 Å². The third-order valence-corrected chi connectivity index (χ3v) is 11.6. The van der Waals surface area contributed by atoms with Gasteiger partial charge in [0.2, 0.25) is 5.91 Å². The van der Waals surface area contributed by atoms with Gasteiger partial charge in [0.15, 0.2) is 0 Å². The first-order valence-electron chi connectivity index (χ1n) is 19.6. The topological polar surface area (TPSA) is 83.5 Å². The van der Waals surface area contributed by atoms with Crippen molar-refractivity contribution in [3.8, 4) is 0 Å². The SMILES string of the molecule is F.O=C(F)C1(c2ccccc2)CCCCC1.O=C(NCc1ccccc1)C1(c2ccccc2)CCCCC1.O=C(O)C1(c2ccccc2)CCCCC1.[3H]F. The molecule has 0 radical (unpaired) electrons. The molecule has 0 saturated heterocycles. The zero-order chi connectivity index (χ0) is 38.7. The smallest absolute Gasteiger partial charge is 0.314 e. The van der Waals surface area contributed by atoms with E-state index in [2.05, 4.69) is 31.0 Å². The summed E-state index contributed by atoms with van der Waals surface area (Å²) >= 11 is 0. The minimum Gasteiger partial charge on any atom is -0.481 e. The van der Waals surface area contributed by atoms with Gasteiger partial charge >= 0.3 is 12.0 Å². The van der Waals surface area contributed by atoms with E-state index >= 15 is 0 Å². The number of aliphatic carboxylic acids is 1. The number of nitrogens with one attached hydrogen (secondary N) is 1. The lowest BCUT2D eigenvalue weighted by atomic mass is 9.68. The van der Waals surface area contributed by atoms with E-state index in [9.17, 15) is 23.9 Å². The first kappa shape index (κ1) is 42.0. The average molecular weight is 746 g/mol. The number of carbonyl (C=O) groups excluding carboxylic acids is 2. The zero-order valence-electron chi connectivity index (χ0n) is 32.2. The van der Waals surface area contributed by atoms with Gasteiger partial charge in [-0.3, -0.25) is 23.8 Å². The highest BCUT2D eigenvalue weighted by Crippen LogP contribution is 2.42. The molecule has 5 nitrogen and oxygen atoms in total. The minimum atomic E-state index is -1.16. The second-order valence-electron chi connectivity index (χ2n) is 14.8. The molecule has 290 valence electrons. The predicted octanol–water partition coefficient (Wildman–Crippen LogP) is 10.9. The van der Waals surface area contributed by atoms with Gasteiger partial charge in [0.05, 0.1) is 16.2 Å². The molecule has 3 saturated carbocycles. The van der Waals surface area contributed by atoms with Crippen molar-refractivity contribution in [2.45, 2.75) is 119 Å². The van der Waals surface area contributed by atoms with E-state index in [1.165, 1.54) is 18.4 Å². The van der Waals surface area contributed by atoms with Crippen LogP contribution in [-0.4, -0.2) is 24.5 Å². The van der Waals surface area contributed by atoms with Gasteiger partial charge in [0, 0.05) is 6.54 Å². The molecular formula is C46H56F3NO4. The Morgan fingerprint density at radius 1 is 0.519 bits per heavy atom. The Balaban J connectivity index is 0.000000220. The molecule has 0 spiro atoms. The summed E-state index contributed by atoms with van der Waals surface area (Å²) < 4.78 is 26.3. The van der Waals surface area contributed by atoms with Gasteiger partial charge in [-0.15, -0.1) is 0 Å². The van der Waals surface area contributed by atoms with Crippen molar-refractivity contribution >= 4 is 17.9 Å². The molecule has 0 atom stereocenters. The first-order valence-corrected chi connectivity index (χ1v) is 19.2. The highest BCUT2D eigenvalue weighted by atomic mass is 19.1. The van der Waals surface area contributed by atoms with Crippen molar-refractivity contribution in [3.63, 3.8) is 0 Å². The van der Waals surface area contributed by atoms with Crippen LogP contribution in [0.3, 0.4) is 0 Å². The first-order chi connectivity index (χ1) is 26.3. The van der Waals surface area contributed by atoms with E-state index in [4.69, 9.17) is 4.72 Å². The van der Waals surface area contributed by atoms with Crippen LogP contribution in [0.25, 0.3) is 0 Å². The van der Waals surface area contributed by atoms with E-state index in [1.54, 1.807) is 0 Å². The molecule has 0 heterocycles. The zero-order valence-corrected chi connectivity index (χ0v) is 31.2. The Kier molecular flexibility index (Phi) is 16.5. The molecule has 7 rings (SSSR count). The molecule has 4 aromatic carbocycles. The molecule has 0 aliphatic heterocycles. The lowest BCUT2D eigenvalue weighted by Crippen LogP contribution is -2.45. The van der Waals surface area contributed by atoms with Crippen LogP contribution >= 0.6 is 0 Å². The Morgan fingerprint density at radius 2 is 0.833 bits per heavy atom. The Labute approximate surface area is 320 Å². The van der Waals surface area contributed by atoms with Crippen molar-refractivity contribution in [2.24, 2.45) is 0 Å². The number of rotatable bonds is 8. The summed E-state index contributed by atoms with van der Waals surface area (Å²) in [7, 11) is 0. The molecule has 54 heavy (non-hydrogen) atoms. The Hall–Kier alpha value is -4.72. The largest absolute Gasteiger partial charge is 0.481 e. The highest BCUT2D eigenvalue weighted by Gasteiger charge is 2.43. The monoisotopic (exact) mass is 745 g/mol. The summed E-state index contributed by atoms with van der Waals surface area (Å²) in [5, 5.41) is 12.6. The fourth-order valence-electron chi connectivity index (χ4n) is 8.56. The number of carbonyl (C=O) groups is 3. The number of amides is 1. The molecule has 0 unspecified atom stereocenters. The number of hydrogen-bond acceptors (Lipinski definition) is 3. The molecule has 3 fully saturated rings. The summed E-state index contributed by atoms with van der Waals surface area (Å²) in [6.45, 7) is 0.605. The van der Waals surface area contributed by atoms with Gasteiger partial charge in [-0.1, -0.05) is 179 Å². The van der Waals surface area contributed by atoms with Crippen LogP contribution in [0.2, 0.25) is 0 Å². The van der Waals surface area contributed by atoms with Crippen molar-refractivity contribution in [1.29, 1.82) is 1.45 Å². The second-order valence-corrected chi connectivity index (χ2v) is 14.8. The summed E-state index contributed by atoms with van der Waals surface area (Å²) in [5.74, 6) is -0.476. The van der Waals surface area contributed by atoms with Gasteiger partial charge in [-0.05, 0) is 60.8 Å². The molecule has 8 heteroatoms. The molecule has 1 amide bonds. The number of hydrogen-bond donors (Lipinski definition) is 2. The Bertz CT molecular complexity index is 1620. The van der Waals surface area contributed by atoms with Gasteiger partial charge in [0.1, 0.15) is 0 Å². The maximum Gasteiger partial charge on any atom is 0.314 e. The second kappa shape index (κ2) is 21.2. The van der Waals surface area contributed by atoms with Crippen LogP contribution in [-0.2, 0) is 37.2 Å². The number of carboxylic acids is 1. The van der Waals surface area contributed by atoms with Crippen LogP contribution in [0.1, 0.15) is 119 Å². The highest BCUT2D eigenvalue weighted by molar-refractivity contribution is 5.88. The normalized spacial score (nSPS) is 18.0. The van der Waals surface area contributed by atoms with Crippen molar-refractivity contribution < 1.29 is 33.3 Å². The molecule has 0 bridgehead atoms. The Morgan fingerprint density at radius 3 is 1.20 bits per heavy atom. The van der Waals surface area contributed by atoms with Crippen LogP contribution in [0, 0.1) is 0 Å². The third-order valence-electron chi connectivity index (χ3n) is 11.6. The predicted molar refractivity (Wildman–Crippen MR) is 211 cm³/mol. The van der Waals surface area contributed by atoms with Crippen LogP contribution in [0.4, 0.5) is 13.8 Å². The standard InChI is InChI=1S/C20H23NO.C13H15FO.C13H16O2.2FH/c22-19(21-16-17-10-4-1-5-11-17)20(14-8-3-9-15-20)18-12-6-2-7-13-18;2*14-12(15)13(9-5-2-6-10-13)11-7-3-1-4-8-11;;/h1-2,4-7,10-13H,3,8-9,14-16H2,(H,21,22);1,3-4,7-8H,2,5-6,9-10H2;1,3-4,7-8H,2,5-6,9-10H2,(H,14,15);2*1H/i/hT. The number of benzene rings is 4. The quantitative estimate of drug-likeness (QED) is 0.176. The van der Waals surface area contributed by atoms with Crippen LogP contribution in [0.5, 0.6) is 0 Å². The number of halogens is 3. The maximum absolute atomic E-state index is 13.3. The van der Waals surface area contributed by atoms with Gasteiger partial charge in [0.25, 0.3) is 1.45 Å². The molecule has 4 aromatic rings. The summed E-state index contributed by atoms with van der Waals surface area (Å²) in [4.78, 5) is 35.7. The van der Waals surface area contributed by atoms with E-state index < -0.39 is 22.8 Å². The van der Waals surface area contributed by atoms with Gasteiger partial charge < -0.3 is 10.4 Å². The van der Waals surface area contributed by atoms with E-state index in [0.717, 1.165) is 87.3 Å². The number of carboxylic acid groups (broad SMARTS) is 1. The summed E-state index contributed by atoms with van der Waals surface area (Å²) in [6.07, 6.45) is 14.5. The fraction of sp³-hybridized carbons (Fsp3) is 0.413. The summed E-state index contributed by atoms with van der Waals surface area (Å²) in [5.41, 5.74) is 2.34. The molecule has 2 N–H and O–H groups in total. The molecule has 3 aliphatic rings. The lowest BCUT2D eigenvalue weighted by molar-refractivity contribution is -0.145. The minimum absolute atomic E-state index is 0. The van der Waals surface area contributed by atoms with Crippen LogP contribution in [0.15, 0.2) is 121 Å². The van der Waals surface area contributed by atoms with E-state index in [1.807, 2.05) is 97.1 Å².